The minimum atomic E-state index is -0.130. The molecule has 3 aliphatic heterocycles. The van der Waals surface area contributed by atoms with Gasteiger partial charge in [-0.05, 0) is 70.3 Å². The lowest BCUT2D eigenvalue weighted by Crippen LogP contribution is -2.39. The lowest BCUT2D eigenvalue weighted by molar-refractivity contribution is -0.118. The first-order chi connectivity index (χ1) is 17.1. The van der Waals surface area contributed by atoms with Gasteiger partial charge in [-0.3, -0.25) is 4.79 Å². The first-order valence-corrected chi connectivity index (χ1v) is 13.6. The van der Waals surface area contributed by atoms with Gasteiger partial charge in [-0.2, -0.15) is 0 Å². The normalized spacial score (nSPS) is 20.7. The van der Waals surface area contributed by atoms with Crippen LogP contribution in [0.5, 0.6) is 0 Å². The average molecular weight is 494 g/mol. The molecule has 2 aromatic rings. The predicted octanol–water partition coefficient (Wildman–Crippen LogP) is 4.41. The molecule has 2 fully saturated rings. The Morgan fingerprint density at radius 2 is 1.97 bits per heavy atom. The van der Waals surface area contributed by atoms with Crippen LogP contribution in [-0.2, 0) is 9.53 Å². The monoisotopic (exact) mass is 493 g/mol. The minimum Gasteiger partial charge on any atom is -0.381 e. The molecule has 3 aliphatic rings. The van der Waals surface area contributed by atoms with Gasteiger partial charge in [0.25, 0.3) is 5.91 Å². The topological polar surface area (TPSA) is 70.6 Å². The number of anilines is 2. The van der Waals surface area contributed by atoms with Crippen LogP contribution in [0.25, 0.3) is 0 Å². The van der Waals surface area contributed by atoms with Crippen molar-refractivity contribution < 1.29 is 9.53 Å². The maximum Gasteiger partial charge on any atom is 0.257 e. The molecule has 4 heterocycles. The molecule has 1 unspecified atom stereocenters. The Bertz CT molecular complexity index is 1070. The first kappa shape index (κ1) is 24.3. The number of benzene rings is 1. The van der Waals surface area contributed by atoms with Crippen LogP contribution < -0.4 is 10.2 Å². The van der Waals surface area contributed by atoms with Crippen molar-refractivity contribution in [1.82, 2.24) is 20.2 Å². The number of hydrogen-bond acceptors (Lipinski definition) is 7. The Hall–Kier alpha value is -2.42. The Morgan fingerprint density at radius 3 is 2.77 bits per heavy atom. The number of nitrogens with one attached hydrogen (secondary N) is 1. The van der Waals surface area contributed by atoms with Gasteiger partial charge in [0.15, 0.2) is 0 Å². The van der Waals surface area contributed by atoms with Crippen LogP contribution in [0.3, 0.4) is 0 Å². The average Bonchev–Trinajstić information content (AvgIpc) is 3.53. The second-order valence-electron chi connectivity index (χ2n) is 9.72. The van der Waals surface area contributed by atoms with Gasteiger partial charge >= 0.3 is 0 Å². The standard InChI is InChI=1S/C27H35N5O2S/c1-19-25(28-18-29-27(19)35-20(2)26(33)30-22-10-15-34-16-11-22)32-17-21(9-14-31-12-5-6-13-31)23-7-3-4-8-24(23)32/h3-4,7-8,18,21-22H,2,5-6,9-17H2,1H3,(H,30,33). The van der Waals surface area contributed by atoms with E-state index in [9.17, 15) is 4.79 Å². The van der Waals surface area contributed by atoms with E-state index in [1.54, 1.807) is 6.33 Å². The van der Waals surface area contributed by atoms with Gasteiger partial charge in [0.2, 0.25) is 0 Å². The lowest BCUT2D eigenvalue weighted by atomic mass is 9.98. The fourth-order valence-corrected chi connectivity index (χ4v) is 6.09. The van der Waals surface area contributed by atoms with Crippen LogP contribution in [0.15, 0.2) is 47.1 Å². The number of rotatable bonds is 8. The zero-order valence-corrected chi connectivity index (χ0v) is 21.4. The number of nitrogens with zero attached hydrogens (tertiary/aromatic N) is 4. The highest BCUT2D eigenvalue weighted by Gasteiger charge is 2.32. The molecule has 0 spiro atoms. The maximum absolute atomic E-state index is 12.7. The summed E-state index contributed by atoms with van der Waals surface area (Å²) < 4.78 is 5.39. The molecule has 0 saturated carbocycles. The number of thioether (sulfide) groups is 1. The molecule has 1 amide bonds. The number of carbonyl (C=O) groups is 1. The van der Waals surface area contributed by atoms with Crippen molar-refractivity contribution in [2.24, 2.45) is 0 Å². The molecular weight excluding hydrogens is 458 g/mol. The zero-order chi connectivity index (χ0) is 24.2. The Kier molecular flexibility index (Phi) is 7.70. The molecule has 7 nitrogen and oxygen atoms in total. The van der Waals surface area contributed by atoms with Crippen molar-refractivity contribution in [3.8, 4) is 0 Å². The number of ether oxygens (including phenoxy) is 1. The third kappa shape index (κ3) is 5.55. The summed E-state index contributed by atoms with van der Waals surface area (Å²) in [6, 6.07) is 8.84. The lowest BCUT2D eigenvalue weighted by Gasteiger charge is -2.24. The number of aromatic nitrogens is 2. The number of fused-ring (bicyclic) bond motifs is 1. The van der Waals surface area contributed by atoms with E-state index >= 15 is 0 Å². The molecule has 35 heavy (non-hydrogen) atoms. The van der Waals surface area contributed by atoms with E-state index in [-0.39, 0.29) is 11.9 Å². The van der Waals surface area contributed by atoms with E-state index in [1.807, 2.05) is 6.92 Å². The predicted molar refractivity (Wildman–Crippen MR) is 140 cm³/mol. The molecule has 1 aromatic carbocycles. The molecule has 186 valence electrons. The van der Waals surface area contributed by atoms with Gasteiger partial charge in [-0.1, -0.05) is 36.5 Å². The van der Waals surface area contributed by atoms with Gasteiger partial charge in [0, 0.05) is 43.0 Å². The molecule has 2 saturated heterocycles. The molecule has 0 bridgehead atoms. The Labute approximate surface area is 212 Å². The molecule has 8 heteroatoms. The number of hydrogen-bond donors (Lipinski definition) is 1. The van der Waals surface area contributed by atoms with E-state index < -0.39 is 0 Å². The van der Waals surface area contributed by atoms with Gasteiger partial charge < -0.3 is 19.9 Å². The summed E-state index contributed by atoms with van der Waals surface area (Å²) in [4.78, 5) is 27.3. The van der Waals surface area contributed by atoms with Gasteiger partial charge in [-0.15, -0.1) is 0 Å². The van der Waals surface area contributed by atoms with Crippen molar-refractivity contribution in [3.63, 3.8) is 0 Å². The van der Waals surface area contributed by atoms with Gasteiger partial charge in [0.05, 0.1) is 4.91 Å². The molecule has 5 rings (SSSR count). The van der Waals surface area contributed by atoms with Crippen LogP contribution in [0.1, 0.15) is 49.1 Å². The summed E-state index contributed by atoms with van der Waals surface area (Å²) >= 11 is 1.33. The number of likely N-dealkylation sites (tertiary alicyclic amines) is 1. The number of amides is 1. The van der Waals surface area contributed by atoms with Crippen molar-refractivity contribution in [2.75, 3.05) is 44.3 Å². The quantitative estimate of drug-likeness (QED) is 0.332. The van der Waals surface area contributed by atoms with E-state index in [4.69, 9.17) is 4.74 Å². The second kappa shape index (κ2) is 11.1. The summed E-state index contributed by atoms with van der Waals surface area (Å²) in [5.41, 5.74) is 3.61. The first-order valence-electron chi connectivity index (χ1n) is 12.8. The fraction of sp³-hybridized carbons (Fsp3) is 0.519. The third-order valence-electron chi connectivity index (χ3n) is 7.36. The minimum absolute atomic E-state index is 0.130. The van der Waals surface area contributed by atoms with Crippen molar-refractivity contribution in [1.29, 1.82) is 0 Å². The van der Waals surface area contributed by atoms with Crippen LogP contribution in [0.4, 0.5) is 11.5 Å². The van der Waals surface area contributed by atoms with E-state index in [0.717, 1.165) is 48.8 Å². The highest BCUT2D eigenvalue weighted by molar-refractivity contribution is 8.04. The molecule has 1 atom stereocenters. The largest absolute Gasteiger partial charge is 0.381 e. The second-order valence-corrected chi connectivity index (χ2v) is 10.8. The summed E-state index contributed by atoms with van der Waals surface area (Å²) in [5, 5.41) is 3.86. The van der Waals surface area contributed by atoms with Crippen LogP contribution >= 0.6 is 11.8 Å². The van der Waals surface area contributed by atoms with Gasteiger partial charge in [0.1, 0.15) is 17.2 Å². The van der Waals surface area contributed by atoms with Crippen molar-refractivity contribution in [2.45, 2.75) is 56.0 Å². The fourth-order valence-electron chi connectivity index (χ4n) is 5.36. The highest BCUT2D eigenvalue weighted by Crippen LogP contribution is 2.43. The van der Waals surface area contributed by atoms with Gasteiger partial charge in [-0.25, -0.2) is 9.97 Å². The van der Waals surface area contributed by atoms with E-state index in [0.29, 0.717) is 24.0 Å². The molecule has 0 radical (unpaired) electrons. The van der Waals surface area contributed by atoms with Crippen molar-refractivity contribution in [3.05, 3.63) is 53.2 Å². The summed E-state index contributed by atoms with van der Waals surface area (Å²) in [6.07, 6.45) is 7.09. The SMILES string of the molecule is C=C(Sc1ncnc(N2CC(CCN3CCCC3)c3ccccc32)c1C)C(=O)NC1CCOCC1. The number of para-hydroxylation sites is 1. The van der Waals surface area contributed by atoms with Crippen LogP contribution in [-0.4, -0.2) is 66.2 Å². The number of carbonyl (C=O) groups excluding carboxylic acids is 1. The van der Waals surface area contributed by atoms with Crippen LogP contribution in [0, 0.1) is 6.92 Å². The molecule has 0 aliphatic carbocycles. The third-order valence-corrected chi connectivity index (χ3v) is 8.40. The Morgan fingerprint density at radius 1 is 1.20 bits per heavy atom. The summed E-state index contributed by atoms with van der Waals surface area (Å²) in [7, 11) is 0. The maximum atomic E-state index is 12.7. The van der Waals surface area contributed by atoms with Crippen LogP contribution in [0.2, 0.25) is 0 Å². The smallest absolute Gasteiger partial charge is 0.257 e. The van der Waals surface area contributed by atoms with E-state index in [2.05, 4.69) is 55.9 Å². The zero-order valence-electron chi connectivity index (χ0n) is 20.5. The Balaban J connectivity index is 1.29. The molecular formula is C27H35N5O2S. The molecule has 1 N–H and O–H groups in total. The molecule has 1 aromatic heterocycles. The van der Waals surface area contributed by atoms with Crippen molar-refractivity contribution >= 4 is 29.2 Å². The summed E-state index contributed by atoms with van der Waals surface area (Å²) in [6.45, 7) is 12.0. The summed E-state index contributed by atoms with van der Waals surface area (Å²) in [5.74, 6) is 1.27. The van der Waals surface area contributed by atoms with E-state index in [1.165, 1.54) is 48.9 Å². The highest BCUT2D eigenvalue weighted by atomic mass is 32.2.